The van der Waals surface area contributed by atoms with E-state index in [2.05, 4.69) is 65.0 Å². The van der Waals surface area contributed by atoms with Crippen molar-refractivity contribution in [3.63, 3.8) is 0 Å². The molecular formula is C23H17Br2IN2O4. The quantitative estimate of drug-likeness (QED) is 0.112. The van der Waals surface area contributed by atoms with Crippen LogP contribution >= 0.6 is 54.5 Å². The number of carbonyl (C=O) groups is 2. The van der Waals surface area contributed by atoms with Crippen molar-refractivity contribution in [1.29, 1.82) is 0 Å². The molecule has 0 atom stereocenters. The van der Waals surface area contributed by atoms with Crippen LogP contribution in [0.1, 0.15) is 21.5 Å². The molecule has 0 aromatic heterocycles. The second kappa shape index (κ2) is 11.6. The second-order valence-electron chi connectivity index (χ2n) is 6.57. The van der Waals surface area contributed by atoms with Crippen molar-refractivity contribution in [2.45, 2.75) is 6.92 Å². The van der Waals surface area contributed by atoms with Gasteiger partial charge in [-0.3, -0.25) is 4.79 Å². The Morgan fingerprint density at radius 2 is 1.88 bits per heavy atom. The van der Waals surface area contributed by atoms with E-state index in [-0.39, 0.29) is 12.4 Å². The average molecular weight is 672 g/mol. The number of hydrazone groups is 1. The summed E-state index contributed by atoms with van der Waals surface area (Å²) in [5.41, 5.74) is 4.39. The van der Waals surface area contributed by atoms with Crippen molar-refractivity contribution in [2.24, 2.45) is 5.10 Å². The van der Waals surface area contributed by atoms with Crippen LogP contribution in [-0.4, -0.2) is 24.7 Å². The monoisotopic (exact) mass is 670 g/mol. The molecular weight excluding hydrogens is 655 g/mol. The van der Waals surface area contributed by atoms with Gasteiger partial charge in [0.15, 0.2) is 12.4 Å². The number of benzene rings is 3. The Morgan fingerprint density at radius 3 is 2.62 bits per heavy atom. The number of hydrogen-bond acceptors (Lipinski definition) is 5. The summed E-state index contributed by atoms with van der Waals surface area (Å²) in [5.74, 6) is -0.0332. The van der Waals surface area contributed by atoms with Crippen molar-refractivity contribution in [3.05, 3.63) is 89.9 Å². The molecule has 0 heterocycles. The minimum Gasteiger partial charge on any atom is -0.484 e. The molecule has 0 spiro atoms. The van der Waals surface area contributed by atoms with Crippen LogP contribution in [0.3, 0.4) is 0 Å². The summed E-state index contributed by atoms with van der Waals surface area (Å²) >= 11 is 8.90. The summed E-state index contributed by atoms with van der Waals surface area (Å²) in [6.45, 7) is 1.76. The number of amides is 1. The highest BCUT2D eigenvalue weighted by molar-refractivity contribution is 14.1. The molecule has 0 aliphatic carbocycles. The van der Waals surface area contributed by atoms with Crippen LogP contribution in [0.4, 0.5) is 0 Å². The van der Waals surface area contributed by atoms with Gasteiger partial charge in [0.1, 0.15) is 5.75 Å². The molecule has 3 aromatic rings. The molecule has 0 saturated carbocycles. The number of nitrogens with one attached hydrogen (secondary N) is 1. The van der Waals surface area contributed by atoms with Gasteiger partial charge < -0.3 is 9.47 Å². The van der Waals surface area contributed by atoms with Gasteiger partial charge in [0.25, 0.3) is 5.91 Å². The summed E-state index contributed by atoms with van der Waals surface area (Å²) in [5, 5.41) is 3.97. The Bertz CT molecular complexity index is 1180. The lowest BCUT2D eigenvalue weighted by Crippen LogP contribution is -2.24. The van der Waals surface area contributed by atoms with Gasteiger partial charge in [-0.2, -0.15) is 5.10 Å². The summed E-state index contributed by atoms with van der Waals surface area (Å²) < 4.78 is 13.2. The maximum absolute atomic E-state index is 12.7. The molecule has 1 amide bonds. The molecule has 0 aliphatic rings. The van der Waals surface area contributed by atoms with Gasteiger partial charge >= 0.3 is 5.97 Å². The van der Waals surface area contributed by atoms with E-state index >= 15 is 0 Å². The van der Waals surface area contributed by atoms with E-state index in [0.717, 1.165) is 13.6 Å². The summed E-state index contributed by atoms with van der Waals surface area (Å²) in [7, 11) is 0. The van der Waals surface area contributed by atoms with Crippen molar-refractivity contribution in [3.8, 4) is 11.5 Å². The zero-order valence-electron chi connectivity index (χ0n) is 16.8. The van der Waals surface area contributed by atoms with Crippen molar-refractivity contribution < 1.29 is 19.1 Å². The highest BCUT2D eigenvalue weighted by atomic mass is 127. The van der Waals surface area contributed by atoms with E-state index in [4.69, 9.17) is 9.47 Å². The minimum atomic E-state index is -0.497. The Morgan fingerprint density at radius 1 is 1.09 bits per heavy atom. The third-order valence-corrected chi connectivity index (χ3v) is 6.07. The standard InChI is InChI=1S/C23H17Br2IN2O4/c1-14-5-4-6-17(9-14)31-13-21(29)28-27-12-15-10-16(24)11-19(25)22(15)32-23(30)18-7-2-3-8-20(18)26/h2-12H,13H2,1H3,(H,28,29). The molecule has 0 radical (unpaired) electrons. The Hall–Kier alpha value is -2.24. The van der Waals surface area contributed by atoms with Crippen LogP contribution in [0.2, 0.25) is 0 Å². The molecule has 32 heavy (non-hydrogen) atoms. The van der Waals surface area contributed by atoms with Gasteiger partial charge in [-0.05, 0) is 87.4 Å². The number of hydrogen-bond donors (Lipinski definition) is 1. The van der Waals surface area contributed by atoms with E-state index in [9.17, 15) is 9.59 Å². The molecule has 0 unspecified atom stereocenters. The summed E-state index contributed by atoms with van der Waals surface area (Å²) in [4.78, 5) is 24.7. The Labute approximate surface area is 215 Å². The third-order valence-electron chi connectivity index (χ3n) is 4.08. The number of aryl methyl sites for hydroxylation is 1. The highest BCUT2D eigenvalue weighted by Crippen LogP contribution is 2.33. The fourth-order valence-corrected chi connectivity index (χ4v) is 4.57. The number of carbonyl (C=O) groups excluding carboxylic acids is 2. The van der Waals surface area contributed by atoms with Crippen LogP contribution in [0.25, 0.3) is 0 Å². The summed E-state index contributed by atoms with van der Waals surface area (Å²) in [6.07, 6.45) is 1.40. The van der Waals surface area contributed by atoms with E-state index in [1.165, 1.54) is 6.21 Å². The van der Waals surface area contributed by atoms with E-state index in [1.54, 1.807) is 30.3 Å². The summed E-state index contributed by atoms with van der Waals surface area (Å²) in [6, 6.07) is 18.0. The maximum Gasteiger partial charge on any atom is 0.344 e. The lowest BCUT2D eigenvalue weighted by Gasteiger charge is -2.11. The maximum atomic E-state index is 12.7. The van der Waals surface area contributed by atoms with Gasteiger partial charge in [0.2, 0.25) is 0 Å². The predicted octanol–water partition coefficient (Wildman–Crippen LogP) is 5.87. The van der Waals surface area contributed by atoms with Crippen molar-refractivity contribution in [2.75, 3.05) is 6.61 Å². The van der Waals surface area contributed by atoms with E-state index in [0.29, 0.717) is 21.3 Å². The lowest BCUT2D eigenvalue weighted by molar-refractivity contribution is -0.123. The smallest absolute Gasteiger partial charge is 0.344 e. The number of halogens is 3. The number of esters is 1. The van der Waals surface area contributed by atoms with Crippen LogP contribution < -0.4 is 14.9 Å². The first-order valence-electron chi connectivity index (χ1n) is 9.30. The SMILES string of the molecule is Cc1cccc(OCC(=O)NN=Cc2cc(Br)cc(Br)c2OC(=O)c2ccccc2I)c1. The molecule has 6 nitrogen and oxygen atoms in total. The van der Waals surface area contributed by atoms with Gasteiger partial charge in [-0.1, -0.05) is 40.2 Å². The number of ether oxygens (including phenoxy) is 2. The molecule has 0 fully saturated rings. The van der Waals surface area contributed by atoms with Crippen LogP contribution in [0, 0.1) is 10.5 Å². The molecule has 9 heteroatoms. The first kappa shape index (κ1) is 24.4. The number of nitrogens with zero attached hydrogens (tertiary/aromatic N) is 1. The van der Waals surface area contributed by atoms with Gasteiger partial charge in [0, 0.05) is 13.6 Å². The lowest BCUT2D eigenvalue weighted by atomic mass is 10.2. The first-order valence-corrected chi connectivity index (χ1v) is 12.0. The zero-order chi connectivity index (χ0) is 23.1. The van der Waals surface area contributed by atoms with Crippen molar-refractivity contribution >= 4 is 72.5 Å². The minimum absolute atomic E-state index is 0.183. The van der Waals surface area contributed by atoms with Gasteiger partial charge in [-0.25, -0.2) is 10.2 Å². The fraction of sp³-hybridized carbons (Fsp3) is 0.0870. The molecule has 164 valence electrons. The largest absolute Gasteiger partial charge is 0.484 e. The molecule has 3 aromatic carbocycles. The molecule has 0 saturated heterocycles. The highest BCUT2D eigenvalue weighted by Gasteiger charge is 2.17. The normalized spacial score (nSPS) is 10.8. The van der Waals surface area contributed by atoms with Crippen LogP contribution in [-0.2, 0) is 4.79 Å². The van der Waals surface area contributed by atoms with Gasteiger partial charge in [0.05, 0.1) is 16.3 Å². The molecule has 3 rings (SSSR count). The molecule has 1 N–H and O–H groups in total. The third kappa shape index (κ3) is 6.88. The number of rotatable bonds is 7. The molecule has 0 aliphatic heterocycles. The average Bonchev–Trinajstić information content (AvgIpc) is 2.75. The van der Waals surface area contributed by atoms with Crippen LogP contribution in [0.15, 0.2) is 74.7 Å². The molecule has 0 bridgehead atoms. The second-order valence-corrected chi connectivity index (χ2v) is 9.51. The Kier molecular flexibility index (Phi) is 8.83. The predicted molar refractivity (Wildman–Crippen MR) is 138 cm³/mol. The topological polar surface area (TPSA) is 77.0 Å². The van der Waals surface area contributed by atoms with Crippen molar-refractivity contribution in [1.82, 2.24) is 5.43 Å². The fourth-order valence-electron chi connectivity index (χ4n) is 2.62. The van der Waals surface area contributed by atoms with Gasteiger partial charge in [-0.15, -0.1) is 0 Å². The first-order chi connectivity index (χ1) is 15.3. The van der Waals surface area contributed by atoms with Crippen LogP contribution in [0.5, 0.6) is 11.5 Å². The van der Waals surface area contributed by atoms with E-state index in [1.807, 2.05) is 37.3 Å². The zero-order valence-corrected chi connectivity index (χ0v) is 22.1. The van der Waals surface area contributed by atoms with E-state index < -0.39 is 11.9 Å². The Balaban J connectivity index is 1.69.